The monoisotopic (exact) mass is 418 g/mol. The van der Waals surface area contributed by atoms with Crippen LogP contribution < -0.4 is 10.1 Å². The highest BCUT2D eigenvalue weighted by molar-refractivity contribution is 7.12. The summed E-state index contributed by atoms with van der Waals surface area (Å²) in [5.74, 6) is 1.21. The molecule has 4 rings (SSSR count). The Kier molecular flexibility index (Phi) is 5.37. The van der Waals surface area contributed by atoms with Gasteiger partial charge in [-0.3, -0.25) is 4.79 Å². The van der Waals surface area contributed by atoms with E-state index in [4.69, 9.17) is 9.72 Å². The van der Waals surface area contributed by atoms with E-state index in [2.05, 4.69) is 10.4 Å². The summed E-state index contributed by atoms with van der Waals surface area (Å²) in [6.45, 7) is 5.91. The fraction of sp³-hybridized carbons (Fsp3) is 0.174. The molecule has 4 aromatic rings. The van der Waals surface area contributed by atoms with Gasteiger partial charge in [0.05, 0.1) is 18.5 Å². The summed E-state index contributed by atoms with van der Waals surface area (Å²) in [6.07, 6.45) is 0. The molecule has 30 heavy (non-hydrogen) atoms. The van der Waals surface area contributed by atoms with Gasteiger partial charge in [0.2, 0.25) is 5.13 Å². The summed E-state index contributed by atoms with van der Waals surface area (Å²) < 4.78 is 6.89. The lowest BCUT2D eigenvalue weighted by molar-refractivity contribution is 0.102. The van der Waals surface area contributed by atoms with E-state index in [1.54, 1.807) is 11.8 Å². The zero-order valence-corrected chi connectivity index (χ0v) is 18.1. The van der Waals surface area contributed by atoms with Gasteiger partial charge in [0.1, 0.15) is 11.6 Å². The van der Waals surface area contributed by atoms with Crippen molar-refractivity contribution in [3.05, 3.63) is 76.3 Å². The Morgan fingerprint density at radius 1 is 1.03 bits per heavy atom. The molecule has 0 aliphatic carbocycles. The SMILES string of the molecule is COc1ccc(-c2csc(-n3nc(C)cc3NC(=O)c3ccc(C)c(C)c3)n2)cc1. The Morgan fingerprint density at radius 3 is 2.50 bits per heavy atom. The van der Waals surface area contributed by atoms with Crippen molar-refractivity contribution in [2.45, 2.75) is 20.8 Å². The summed E-state index contributed by atoms with van der Waals surface area (Å²) in [6, 6.07) is 15.3. The highest BCUT2D eigenvalue weighted by Gasteiger charge is 2.16. The zero-order chi connectivity index (χ0) is 21.3. The van der Waals surface area contributed by atoms with E-state index in [1.165, 1.54) is 11.3 Å². The third-order valence-electron chi connectivity index (χ3n) is 4.90. The number of benzene rings is 2. The van der Waals surface area contributed by atoms with Gasteiger partial charge in [0, 0.05) is 22.6 Å². The molecule has 0 atom stereocenters. The molecule has 152 valence electrons. The molecule has 1 amide bonds. The van der Waals surface area contributed by atoms with Crippen LogP contribution in [0.25, 0.3) is 16.4 Å². The normalized spacial score (nSPS) is 10.8. The molecule has 2 heterocycles. The first-order chi connectivity index (χ1) is 14.4. The molecular formula is C23H22N4O2S. The van der Waals surface area contributed by atoms with Crippen LogP contribution in [0.5, 0.6) is 5.75 Å². The second-order valence-electron chi connectivity index (χ2n) is 7.08. The van der Waals surface area contributed by atoms with Gasteiger partial charge in [-0.25, -0.2) is 4.98 Å². The average molecular weight is 419 g/mol. The predicted octanol–water partition coefficient (Wildman–Crippen LogP) is 5.18. The van der Waals surface area contributed by atoms with E-state index >= 15 is 0 Å². The molecule has 6 nitrogen and oxygen atoms in total. The lowest BCUT2D eigenvalue weighted by Crippen LogP contribution is -2.15. The third-order valence-corrected chi connectivity index (χ3v) is 5.72. The fourth-order valence-electron chi connectivity index (χ4n) is 3.06. The van der Waals surface area contributed by atoms with E-state index in [1.807, 2.05) is 74.7 Å². The number of nitrogens with one attached hydrogen (secondary N) is 1. The van der Waals surface area contributed by atoms with E-state index < -0.39 is 0 Å². The number of thiazole rings is 1. The number of ether oxygens (including phenoxy) is 1. The molecule has 0 fully saturated rings. The minimum Gasteiger partial charge on any atom is -0.497 e. The number of carbonyl (C=O) groups is 1. The molecule has 2 aromatic heterocycles. The molecule has 0 spiro atoms. The number of aryl methyl sites for hydroxylation is 3. The highest BCUT2D eigenvalue weighted by atomic mass is 32.1. The third kappa shape index (κ3) is 3.97. The minimum atomic E-state index is -0.175. The van der Waals surface area contributed by atoms with Gasteiger partial charge >= 0.3 is 0 Å². The number of hydrogen-bond acceptors (Lipinski definition) is 5. The van der Waals surface area contributed by atoms with Crippen molar-refractivity contribution in [1.82, 2.24) is 14.8 Å². The van der Waals surface area contributed by atoms with Crippen LogP contribution in [0.3, 0.4) is 0 Å². The number of nitrogens with zero attached hydrogens (tertiary/aromatic N) is 3. The molecule has 0 aliphatic rings. The molecule has 0 aliphatic heterocycles. The number of methoxy groups -OCH3 is 1. The number of anilines is 1. The quantitative estimate of drug-likeness (QED) is 0.485. The summed E-state index contributed by atoms with van der Waals surface area (Å²) in [5.41, 5.74) is 5.48. The summed E-state index contributed by atoms with van der Waals surface area (Å²) in [4.78, 5) is 17.5. The summed E-state index contributed by atoms with van der Waals surface area (Å²) in [5, 5.41) is 10.2. The first-order valence-corrected chi connectivity index (χ1v) is 10.4. The van der Waals surface area contributed by atoms with Gasteiger partial charge in [-0.1, -0.05) is 6.07 Å². The predicted molar refractivity (Wildman–Crippen MR) is 120 cm³/mol. The highest BCUT2D eigenvalue weighted by Crippen LogP contribution is 2.28. The molecule has 0 bridgehead atoms. The Hall–Kier alpha value is -3.45. The van der Waals surface area contributed by atoms with Crippen LogP contribution in [0.4, 0.5) is 5.82 Å². The molecule has 0 radical (unpaired) electrons. The standard InChI is InChI=1S/C23H22N4O2S/c1-14-5-6-18(11-15(14)2)22(28)25-21-12-16(3)26-27(21)23-24-20(13-30-23)17-7-9-19(29-4)10-8-17/h5-13H,1-4H3,(H,25,28). The van der Waals surface area contributed by atoms with Crippen molar-refractivity contribution < 1.29 is 9.53 Å². The second kappa shape index (κ2) is 8.12. The molecule has 7 heteroatoms. The summed E-state index contributed by atoms with van der Waals surface area (Å²) >= 11 is 1.47. The Labute approximate surface area is 179 Å². The van der Waals surface area contributed by atoms with Crippen molar-refractivity contribution in [1.29, 1.82) is 0 Å². The van der Waals surface area contributed by atoms with Crippen LogP contribution >= 0.6 is 11.3 Å². The number of rotatable bonds is 5. The second-order valence-corrected chi connectivity index (χ2v) is 7.92. The van der Waals surface area contributed by atoms with Crippen molar-refractivity contribution in [3.8, 4) is 22.1 Å². The van der Waals surface area contributed by atoms with E-state index in [0.29, 0.717) is 16.5 Å². The van der Waals surface area contributed by atoms with Gasteiger partial charge in [-0.2, -0.15) is 9.78 Å². The molecule has 0 saturated carbocycles. The van der Waals surface area contributed by atoms with Crippen LogP contribution in [0.1, 0.15) is 27.2 Å². The Bertz CT molecular complexity index is 1210. The van der Waals surface area contributed by atoms with Crippen molar-refractivity contribution in [2.24, 2.45) is 0 Å². The fourth-order valence-corrected chi connectivity index (χ4v) is 3.86. The van der Waals surface area contributed by atoms with Gasteiger partial charge in [0.25, 0.3) is 5.91 Å². The molecule has 1 N–H and O–H groups in total. The maximum absolute atomic E-state index is 12.8. The van der Waals surface area contributed by atoms with E-state index in [9.17, 15) is 4.79 Å². The number of hydrogen-bond donors (Lipinski definition) is 1. The van der Waals surface area contributed by atoms with Crippen LogP contribution in [-0.4, -0.2) is 27.8 Å². The largest absolute Gasteiger partial charge is 0.497 e. The van der Waals surface area contributed by atoms with Crippen molar-refractivity contribution >= 4 is 23.1 Å². The van der Waals surface area contributed by atoms with Crippen LogP contribution in [0.15, 0.2) is 53.9 Å². The number of carbonyl (C=O) groups excluding carboxylic acids is 1. The number of amides is 1. The topological polar surface area (TPSA) is 69.0 Å². The Balaban J connectivity index is 1.61. The van der Waals surface area contributed by atoms with Gasteiger partial charge in [-0.15, -0.1) is 11.3 Å². The lowest BCUT2D eigenvalue weighted by atomic mass is 10.1. The molecular weight excluding hydrogens is 396 g/mol. The minimum absolute atomic E-state index is 0.175. The van der Waals surface area contributed by atoms with Crippen molar-refractivity contribution in [2.75, 3.05) is 12.4 Å². The maximum atomic E-state index is 12.8. The first kappa shape index (κ1) is 19.8. The van der Waals surface area contributed by atoms with Gasteiger partial charge < -0.3 is 10.1 Å². The molecule has 0 saturated heterocycles. The lowest BCUT2D eigenvalue weighted by Gasteiger charge is -2.08. The van der Waals surface area contributed by atoms with Crippen LogP contribution in [-0.2, 0) is 0 Å². The van der Waals surface area contributed by atoms with Crippen molar-refractivity contribution in [3.63, 3.8) is 0 Å². The van der Waals surface area contributed by atoms with Gasteiger partial charge in [0.15, 0.2) is 0 Å². The maximum Gasteiger partial charge on any atom is 0.256 e. The number of aromatic nitrogens is 3. The zero-order valence-electron chi connectivity index (χ0n) is 17.3. The molecule has 0 unspecified atom stereocenters. The first-order valence-electron chi connectivity index (χ1n) is 9.50. The smallest absolute Gasteiger partial charge is 0.256 e. The van der Waals surface area contributed by atoms with E-state index in [0.717, 1.165) is 33.8 Å². The average Bonchev–Trinajstić information content (AvgIpc) is 3.36. The van der Waals surface area contributed by atoms with Gasteiger partial charge in [-0.05, 0) is 68.3 Å². The molecule has 2 aromatic carbocycles. The van der Waals surface area contributed by atoms with Crippen LogP contribution in [0, 0.1) is 20.8 Å². The van der Waals surface area contributed by atoms with Crippen LogP contribution in [0.2, 0.25) is 0 Å². The Morgan fingerprint density at radius 2 is 1.80 bits per heavy atom. The summed E-state index contributed by atoms with van der Waals surface area (Å²) in [7, 11) is 1.64. The van der Waals surface area contributed by atoms with E-state index in [-0.39, 0.29) is 5.91 Å².